The molecule has 0 radical (unpaired) electrons. The molecule has 3 aromatic rings. The van der Waals surface area contributed by atoms with E-state index in [1.165, 1.54) is 0 Å². The summed E-state index contributed by atoms with van der Waals surface area (Å²) >= 11 is 0. The lowest BCUT2D eigenvalue weighted by atomic mass is 9.90. The Morgan fingerprint density at radius 1 is 0.654 bits per heavy atom. The van der Waals surface area contributed by atoms with Crippen LogP contribution in [0.2, 0.25) is 0 Å². The first-order valence-corrected chi connectivity index (χ1v) is 8.41. The topological polar surface area (TPSA) is 72.2 Å². The monoisotopic (exact) mass is 344 g/mol. The number of carbonyl (C=O) groups is 2. The minimum absolute atomic E-state index is 0.268. The summed E-state index contributed by atoms with van der Waals surface area (Å²) in [5.74, 6) is -1.39. The van der Waals surface area contributed by atoms with Gasteiger partial charge in [0.25, 0.3) is 0 Å². The second kappa shape index (κ2) is 8.12. The molecule has 4 nitrogen and oxygen atoms in total. The molecule has 0 bridgehead atoms. The molecule has 0 aliphatic rings. The molecular weight excluding hydrogens is 324 g/mol. The van der Waals surface area contributed by atoms with Gasteiger partial charge in [-0.05, 0) is 16.7 Å². The molecule has 1 atom stereocenters. The van der Waals surface area contributed by atoms with Crippen molar-refractivity contribution in [3.8, 4) is 0 Å². The molecule has 0 heterocycles. The van der Waals surface area contributed by atoms with Gasteiger partial charge in [0.1, 0.15) is 6.04 Å². The van der Waals surface area contributed by atoms with Crippen LogP contribution in [0.15, 0.2) is 91.0 Å². The summed E-state index contributed by atoms with van der Waals surface area (Å²) in [5, 5.41) is 2.82. The first-order chi connectivity index (χ1) is 12.7. The van der Waals surface area contributed by atoms with Crippen molar-refractivity contribution in [1.82, 2.24) is 5.32 Å². The lowest BCUT2D eigenvalue weighted by Gasteiger charge is -2.22. The van der Waals surface area contributed by atoms with Crippen LogP contribution in [0.3, 0.4) is 0 Å². The van der Waals surface area contributed by atoms with E-state index >= 15 is 0 Å². The van der Waals surface area contributed by atoms with Crippen LogP contribution in [0.25, 0.3) is 0 Å². The highest BCUT2D eigenvalue weighted by atomic mass is 16.2. The van der Waals surface area contributed by atoms with Crippen molar-refractivity contribution in [2.75, 3.05) is 0 Å². The van der Waals surface area contributed by atoms with E-state index in [1.807, 2.05) is 78.9 Å². The van der Waals surface area contributed by atoms with Gasteiger partial charge >= 0.3 is 0 Å². The summed E-state index contributed by atoms with van der Waals surface area (Å²) in [7, 11) is 0. The molecule has 4 heteroatoms. The van der Waals surface area contributed by atoms with E-state index in [2.05, 4.69) is 5.32 Å². The van der Waals surface area contributed by atoms with Crippen molar-refractivity contribution in [1.29, 1.82) is 0 Å². The average molecular weight is 344 g/mol. The Bertz CT molecular complexity index is 825. The van der Waals surface area contributed by atoms with Crippen molar-refractivity contribution in [3.05, 3.63) is 108 Å². The molecule has 0 saturated heterocycles. The number of amides is 2. The van der Waals surface area contributed by atoms with Gasteiger partial charge in [0, 0.05) is 0 Å². The van der Waals surface area contributed by atoms with Crippen LogP contribution in [-0.4, -0.2) is 11.8 Å². The normalized spacial score (nSPS) is 11.7. The molecule has 0 spiro atoms. The van der Waals surface area contributed by atoms with Gasteiger partial charge in [0.15, 0.2) is 0 Å². The van der Waals surface area contributed by atoms with Gasteiger partial charge in [-0.25, -0.2) is 0 Å². The van der Waals surface area contributed by atoms with E-state index in [0.29, 0.717) is 5.56 Å². The summed E-state index contributed by atoms with van der Waals surface area (Å²) < 4.78 is 0. The van der Waals surface area contributed by atoms with E-state index in [4.69, 9.17) is 5.73 Å². The number of nitrogens with one attached hydrogen (secondary N) is 1. The molecule has 2 amide bonds. The number of benzene rings is 3. The number of primary amides is 1. The Morgan fingerprint density at radius 2 is 1.04 bits per heavy atom. The summed E-state index contributed by atoms with van der Waals surface area (Å²) in [6, 6.07) is 27.1. The fourth-order valence-electron chi connectivity index (χ4n) is 2.98. The maximum absolute atomic E-state index is 13.1. The van der Waals surface area contributed by atoms with E-state index in [1.54, 1.807) is 12.1 Å². The van der Waals surface area contributed by atoms with Crippen molar-refractivity contribution in [3.63, 3.8) is 0 Å². The van der Waals surface area contributed by atoms with E-state index in [-0.39, 0.29) is 5.91 Å². The van der Waals surface area contributed by atoms with Crippen LogP contribution in [0.5, 0.6) is 0 Å². The molecule has 0 aromatic heterocycles. The van der Waals surface area contributed by atoms with Gasteiger partial charge in [-0.3, -0.25) is 9.59 Å². The first kappa shape index (κ1) is 17.4. The third-order valence-corrected chi connectivity index (χ3v) is 4.23. The van der Waals surface area contributed by atoms with Crippen LogP contribution < -0.4 is 11.1 Å². The summed E-state index contributed by atoms with van der Waals surface area (Å²) in [6.45, 7) is 0. The number of rotatable bonds is 6. The quantitative estimate of drug-likeness (QED) is 0.721. The first-order valence-electron chi connectivity index (χ1n) is 8.41. The zero-order valence-electron chi connectivity index (χ0n) is 14.2. The molecule has 1 unspecified atom stereocenters. The Morgan fingerprint density at radius 3 is 1.42 bits per heavy atom. The molecule has 26 heavy (non-hydrogen) atoms. The van der Waals surface area contributed by atoms with Gasteiger partial charge in [-0.1, -0.05) is 91.0 Å². The van der Waals surface area contributed by atoms with Gasteiger partial charge in [0.05, 0.1) is 5.92 Å². The predicted octanol–water partition coefficient (Wildman–Crippen LogP) is 3.16. The SMILES string of the molecule is NC(=O)C(NC(=O)C(c1ccccc1)c1ccccc1)c1ccccc1. The lowest BCUT2D eigenvalue weighted by Crippen LogP contribution is -2.40. The molecule has 3 rings (SSSR count). The second-order valence-corrected chi connectivity index (χ2v) is 6.01. The number of hydrogen-bond donors (Lipinski definition) is 2. The minimum atomic E-state index is -0.876. The van der Waals surface area contributed by atoms with E-state index < -0.39 is 17.9 Å². The molecule has 0 saturated carbocycles. The molecule has 3 aromatic carbocycles. The van der Waals surface area contributed by atoms with Crippen molar-refractivity contribution in [2.24, 2.45) is 5.73 Å². The predicted molar refractivity (Wildman–Crippen MR) is 101 cm³/mol. The molecule has 130 valence electrons. The number of carbonyl (C=O) groups excluding carboxylic acids is 2. The highest BCUT2D eigenvalue weighted by molar-refractivity contribution is 5.92. The van der Waals surface area contributed by atoms with Crippen molar-refractivity contribution >= 4 is 11.8 Å². The summed E-state index contributed by atoms with van der Waals surface area (Å²) in [4.78, 5) is 25.1. The average Bonchev–Trinajstić information content (AvgIpc) is 2.68. The zero-order chi connectivity index (χ0) is 18.4. The number of hydrogen-bond acceptors (Lipinski definition) is 2. The van der Waals surface area contributed by atoms with Gasteiger partial charge in [-0.15, -0.1) is 0 Å². The van der Waals surface area contributed by atoms with Crippen molar-refractivity contribution < 1.29 is 9.59 Å². The largest absolute Gasteiger partial charge is 0.368 e. The smallest absolute Gasteiger partial charge is 0.244 e. The van der Waals surface area contributed by atoms with Crippen LogP contribution in [0.1, 0.15) is 28.7 Å². The lowest BCUT2D eigenvalue weighted by molar-refractivity contribution is -0.127. The van der Waals surface area contributed by atoms with Gasteiger partial charge < -0.3 is 11.1 Å². The Balaban J connectivity index is 1.94. The molecular formula is C22H20N2O2. The third-order valence-electron chi connectivity index (χ3n) is 4.23. The van der Waals surface area contributed by atoms with Crippen LogP contribution in [0.4, 0.5) is 0 Å². The molecule has 0 aliphatic heterocycles. The molecule has 3 N–H and O–H groups in total. The van der Waals surface area contributed by atoms with Gasteiger partial charge in [0.2, 0.25) is 11.8 Å². The highest BCUT2D eigenvalue weighted by Gasteiger charge is 2.27. The van der Waals surface area contributed by atoms with Crippen LogP contribution in [0, 0.1) is 0 Å². The molecule has 0 fully saturated rings. The Kier molecular flexibility index (Phi) is 5.44. The standard InChI is InChI=1S/C22H20N2O2/c23-21(25)20(18-14-8-3-9-15-18)24-22(26)19(16-10-4-1-5-11-16)17-12-6-2-7-13-17/h1-15,19-20H,(H2,23,25)(H,24,26). The highest BCUT2D eigenvalue weighted by Crippen LogP contribution is 2.26. The Hall–Kier alpha value is -3.40. The summed E-state index contributed by atoms with van der Waals surface area (Å²) in [5.41, 5.74) is 7.91. The van der Waals surface area contributed by atoms with E-state index in [9.17, 15) is 9.59 Å². The molecule has 0 aliphatic carbocycles. The van der Waals surface area contributed by atoms with Crippen LogP contribution >= 0.6 is 0 Å². The second-order valence-electron chi connectivity index (χ2n) is 6.01. The maximum Gasteiger partial charge on any atom is 0.244 e. The Labute approximate surface area is 152 Å². The zero-order valence-corrected chi connectivity index (χ0v) is 14.2. The summed E-state index contributed by atoms with van der Waals surface area (Å²) in [6.07, 6.45) is 0. The van der Waals surface area contributed by atoms with Crippen molar-refractivity contribution in [2.45, 2.75) is 12.0 Å². The third kappa shape index (κ3) is 3.98. The van der Waals surface area contributed by atoms with Crippen LogP contribution in [-0.2, 0) is 9.59 Å². The van der Waals surface area contributed by atoms with E-state index in [0.717, 1.165) is 11.1 Å². The van der Waals surface area contributed by atoms with Gasteiger partial charge in [-0.2, -0.15) is 0 Å². The number of nitrogens with two attached hydrogens (primary N) is 1. The fraction of sp³-hybridized carbons (Fsp3) is 0.0909. The fourth-order valence-corrected chi connectivity index (χ4v) is 2.98. The maximum atomic E-state index is 13.1. The minimum Gasteiger partial charge on any atom is -0.368 e.